The molecule has 3 heterocycles. The summed E-state index contributed by atoms with van der Waals surface area (Å²) in [6.07, 6.45) is 0. The molecule has 55 heavy (non-hydrogen) atoms. The molecular weight excluding hydrogens is 671 g/mol. The van der Waals surface area contributed by atoms with Gasteiger partial charge in [-0.3, -0.25) is 0 Å². The van der Waals surface area contributed by atoms with Crippen LogP contribution < -0.4 is 0 Å². The van der Waals surface area contributed by atoms with Crippen LogP contribution in [0.3, 0.4) is 0 Å². The molecule has 0 bridgehead atoms. The van der Waals surface area contributed by atoms with E-state index in [0.29, 0.717) is 0 Å². The van der Waals surface area contributed by atoms with Gasteiger partial charge in [0, 0.05) is 43.9 Å². The molecule has 3 heteroatoms. The van der Waals surface area contributed by atoms with Gasteiger partial charge in [-0.1, -0.05) is 140 Å². The summed E-state index contributed by atoms with van der Waals surface area (Å²) in [5.74, 6) is 0.835. The second-order valence-electron chi connectivity index (χ2n) is 14.3. The van der Waals surface area contributed by atoms with Gasteiger partial charge in [-0.2, -0.15) is 0 Å². The predicted octanol–water partition coefficient (Wildman–Crippen LogP) is 14.7. The minimum atomic E-state index is 0.804. The normalized spacial score (nSPS) is 12.0. The fourth-order valence-corrected chi connectivity index (χ4v) is 9.09. The van der Waals surface area contributed by atoms with Gasteiger partial charge in [-0.05, 0) is 81.2 Å². The lowest BCUT2D eigenvalue weighted by Crippen LogP contribution is -1.93. The number of aromatic nitrogens is 1. The summed E-state index contributed by atoms with van der Waals surface area (Å²) in [5.41, 5.74) is 11.7. The zero-order valence-corrected chi connectivity index (χ0v) is 29.7. The molecule has 9 aromatic carbocycles. The smallest absolute Gasteiger partial charge is 0.147 e. The highest BCUT2D eigenvalue weighted by atomic mass is 16.3. The summed E-state index contributed by atoms with van der Waals surface area (Å²) in [6.45, 7) is 0. The largest absolute Gasteiger partial charge is 0.455 e. The lowest BCUT2D eigenvalue weighted by molar-refractivity contribution is 0.631. The van der Waals surface area contributed by atoms with Crippen molar-refractivity contribution in [3.8, 4) is 39.3 Å². The van der Waals surface area contributed by atoms with Crippen LogP contribution in [0, 0.1) is 0 Å². The van der Waals surface area contributed by atoms with Crippen LogP contribution in [0.2, 0.25) is 0 Å². The van der Waals surface area contributed by atoms with Crippen molar-refractivity contribution in [1.82, 2.24) is 4.57 Å². The van der Waals surface area contributed by atoms with Gasteiger partial charge in [-0.25, -0.2) is 0 Å². The summed E-state index contributed by atoms with van der Waals surface area (Å²) in [5, 5.41) is 10.3. The molecule has 12 aromatic rings. The first-order valence-corrected chi connectivity index (χ1v) is 18.8. The molecule has 0 amide bonds. The monoisotopic (exact) mass is 701 g/mol. The number of para-hydroxylation sites is 3. The van der Waals surface area contributed by atoms with E-state index in [2.05, 4.69) is 180 Å². The van der Waals surface area contributed by atoms with Crippen molar-refractivity contribution in [2.24, 2.45) is 0 Å². The molecule has 0 aliphatic heterocycles. The fourth-order valence-electron chi connectivity index (χ4n) is 9.09. The van der Waals surface area contributed by atoms with E-state index in [9.17, 15) is 0 Å². The minimum absolute atomic E-state index is 0.804. The van der Waals surface area contributed by atoms with E-state index >= 15 is 0 Å². The number of furan rings is 2. The molecule has 0 radical (unpaired) electrons. The van der Waals surface area contributed by atoms with E-state index in [1.165, 1.54) is 43.7 Å². The van der Waals surface area contributed by atoms with Crippen molar-refractivity contribution in [2.45, 2.75) is 0 Å². The number of hydrogen-bond acceptors (Lipinski definition) is 2. The second kappa shape index (κ2) is 11.6. The first-order valence-electron chi connectivity index (χ1n) is 18.8. The van der Waals surface area contributed by atoms with Crippen LogP contribution in [0.4, 0.5) is 0 Å². The van der Waals surface area contributed by atoms with E-state index < -0.39 is 0 Å². The van der Waals surface area contributed by atoms with Gasteiger partial charge in [0.1, 0.15) is 22.5 Å². The molecule has 0 unspecified atom stereocenters. The maximum absolute atomic E-state index is 6.92. The van der Waals surface area contributed by atoms with Gasteiger partial charge < -0.3 is 13.4 Å². The Morgan fingerprint density at radius 3 is 1.64 bits per heavy atom. The number of fused-ring (bicyclic) bond motifs is 10. The molecule has 0 aliphatic carbocycles. The number of rotatable bonds is 4. The first kappa shape index (κ1) is 30.1. The quantitative estimate of drug-likeness (QED) is 0.171. The summed E-state index contributed by atoms with van der Waals surface area (Å²) in [4.78, 5) is 0. The minimum Gasteiger partial charge on any atom is -0.455 e. The van der Waals surface area contributed by atoms with Crippen LogP contribution in [0.15, 0.2) is 197 Å². The Morgan fingerprint density at radius 1 is 0.327 bits per heavy atom. The van der Waals surface area contributed by atoms with E-state index in [1.54, 1.807) is 0 Å². The van der Waals surface area contributed by atoms with Crippen LogP contribution in [-0.4, -0.2) is 4.57 Å². The third-order valence-electron chi connectivity index (χ3n) is 11.4. The molecule has 0 saturated carbocycles. The Morgan fingerprint density at radius 2 is 0.909 bits per heavy atom. The third kappa shape index (κ3) is 4.32. The van der Waals surface area contributed by atoms with E-state index in [0.717, 1.165) is 71.8 Å². The van der Waals surface area contributed by atoms with Crippen molar-refractivity contribution < 1.29 is 8.83 Å². The van der Waals surface area contributed by atoms with Crippen LogP contribution in [0.5, 0.6) is 0 Å². The van der Waals surface area contributed by atoms with Crippen molar-refractivity contribution in [3.63, 3.8) is 0 Å². The molecule has 0 saturated heterocycles. The Labute approximate surface area is 315 Å². The fraction of sp³-hybridized carbons (Fsp3) is 0. The molecule has 0 aliphatic rings. The second-order valence-corrected chi connectivity index (χ2v) is 14.3. The van der Waals surface area contributed by atoms with Crippen LogP contribution in [-0.2, 0) is 0 Å². The van der Waals surface area contributed by atoms with Crippen LogP contribution >= 0.6 is 0 Å². The average molecular weight is 702 g/mol. The number of benzene rings is 9. The summed E-state index contributed by atoms with van der Waals surface area (Å²) >= 11 is 0. The third-order valence-corrected chi connectivity index (χ3v) is 11.4. The molecular formula is C52H31NO2. The van der Waals surface area contributed by atoms with Gasteiger partial charge in [-0.15, -0.1) is 0 Å². The van der Waals surface area contributed by atoms with Gasteiger partial charge in [0.15, 0.2) is 0 Å². The first-order chi connectivity index (χ1) is 27.3. The Bertz CT molecular complexity index is 3420. The molecule has 0 fully saturated rings. The number of nitrogens with zero attached hydrogens (tertiary/aromatic N) is 1. The average Bonchev–Trinajstić information content (AvgIpc) is 3.93. The van der Waals surface area contributed by atoms with Crippen molar-refractivity contribution in [3.05, 3.63) is 188 Å². The van der Waals surface area contributed by atoms with Crippen molar-refractivity contribution in [2.75, 3.05) is 0 Å². The van der Waals surface area contributed by atoms with Crippen molar-refractivity contribution >= 4 is 76.3 Å². The highest BCUT2D eigenvalue weighted by molar-refractivity contribution is 6.28. The molecule has 12 rings (SSSR count). The standard InChI is InChI=1S/C52H31NO2/c1-3-15-32(16-4-1)51-50(49-46(55-51)30-28-41-36-20-12-14-26-45(36)54-52(41)49)48-39-23-9-7-21-37(39)47(38-22-8-10-24-40(38)48)33-27-29-44-42(31-33)35-19-11-13-25-43(35)53(44)34-17-5-2-6-18-34/h1-31H. The van der Waals surface area contributed by atoms with Crippen LogP contribution in [0.1, 0.15) is 0 Å². The molecule has 0 spiro atoms. The highest BCUT2D eigenvalue weighted by Gasteiger charge is 2.27. The van der Waals surface area contributed by atoms with Gasteiger partial charge in [0.25, 0.3) is 0 Å². The number of hydrogen-bond donors (Lipinski definition) is 0. The zero-order chi connectivity index (χ0) is 36.0. The topological polar surface area (TPSA) is 31.2 Å². The predicted molar refractivity (Wildman–Crippen MR) is 229 cm³/mol. The van der Waals surface area contributed by atoms with Gasteiger partial charge in [0.2, 0.25) is 0 Å². The van der Waals surface area contributed by atoms with E-state index in [-0.39, 0.29) is 0 Å². The Balaban J connectivity index is 1.21. The van der Waals surface area contributed by atoms with Gasteiger partial charge >= 0.3 is 0 Å². The van der Waals surface area contributed by atoms with Gasteiger partial charge in [0.05, 0.1) is 16.4 Å². The maximum Gasteiger partial charge on any atom is 0.147 e. The highest BCUT2D eigenvalue weighted by Crippen LogP contribution is 2.52. The lowest BCUT2D eigenvalue weighted by atomic mass is 9.84. The van der Waals surface area contributed by atoms with Crippen molar-refractivity contribution in [1.29, 1.82) is 0 Å². The molecule has 0 atom stereocenters. The van der Waals surface area contributed by atoms with E-state index in [1.807, 2.05) is 12.1 Å². The Kier molecular flexibility index (Phi) is 6.34. The van der Waals surface area contributed by atoms with E-state index in [4.69, 9.17) is 8.83 Å². The maximum atomic E-state index is 6.92. The Hall–Kier alpha value is -7.36. The molecule has 3 nitrogen and oxygen atoms in total. The zero-order valence-electron chi connectivity index (χ0n) is 29.7. The SMILES string of the molecule is c1ccc(-c2oc3ccc4c5ccccc5oc4c3c2-c2c3ccccc3c(-c3ccc4c(c3)c3ccccc3n4-c3ccccc3)c3ccccc23)cc1. The molecule has 3 aromatic heterocycles. The molecule has 0 N–H and O–H groups in total. The summed E-state index contributed by atoms with van der Waals surface area (Å²) in [6, 6.07) is 67.1. The lowest BCUT2D eigenvalue weighted by Gasteiger charge is -2.18. The summed E-state index contributed by atoms with van der Waals surface area (Å²) < 4.78 is 16.0. The van der Waals surface area contributed by atoms with Crippen LogP contribution in [0.25, 0.3) is 116 Å². The molecule has 256 valence electrons. The summed E-state index contributed by atoms with van der Waals surface area (Å²) in [7, 11) is 0.